The first-order chi connectivity index (χ1) is 12.6. The van der Waals surface area contributed by atoms with E-state index in [-0.39, 0.29) is 11.9 Å². The van der Waals surface area contributed by atoms with Crippen LogP contribution in [-0.2, 0) is 4.74 Å². The fourth-order valence-corrected chi connectivity index (χ4v) is 4.87. The van der Waals surface area contributed by atoms with Gasteiger partial charge in [-0.3, -0.25) is 4.57 Å². The Morgan fingerprint density at radius 1 is 1.27 bits per heavy atom. The molecule has 3 N–H and O–H groups in total. The number of nitrogens with two attached hydrogens (primary N) is 1. The summed E-state index contributed by atoms with van der Waals surface area (Å²) in [6.45, 7) is -0.187. The van der Waals surface area contributed by atoms with E-state index in [1.165, 1.54) is 18.1 Å². The molecule has 2 aromatic heterocycles. The Kier molecular flexibility index (Phi) is 4.94. The Hall–Kier alpha value is -1.58. The van der Waals surface area contributed by atoms with Crippen molar-refractivity contribution in [2.45, 2.75) is 27.9 Å². The van der Waals surface area contributed by atoms with Crippen LogP contribution in [-0.4, -0.2) is 48.0 Å². The van der Waals surface area contributed by atoms with Gasteiger partial charge < -0.3 is 15.6 Å². The van der Waals surface area contributed by atoms with Crippen molar-refractivity contribution in [2.24, 2.45) is 0 Å². The molecule has 3 aromatic rings. The number of aromatic nitrogens is 4. The molecule has 0 spiro atoms. The number of benzene rings is 1. The Morgan fingerprint density at radius 3 is 2.85 bits per heavy atom. The lowest BCUT2D eigenvalue weighted by atomic mass is 10.2. The van der Waals surface area contributed by atoms with Gasteiger partial charge in [0.25, 0.3) is 0 Å². The number of hydrogen-bond acceptors (Lipinski definition) is 7. The highest BCUT2D eigenvalue weighted by Gasteiger charge is 2.45. The van der Waals surface area contributed by atoms with Crippen molar-refractivity contribution in [1.29, 1.82) is 0 Å². The molecule has 10 heteroatoms. The first-order valence-electron chi connectivity index (χ1n) is 7.84. The van der Waals surface area contributed by atoms with Gasteiger partial charge in [0.2, 0.25) is 0 Å². The largest absolute Gasteiger partial charge is 0.394 e. The van der Waals surface area contributed by atoms with Crippen LogP contribution < -0.4 is 5.73 Å². The number of aliphatic hydroxyl groups is 1. The number of fused-ring (bicyclic) bond motifs is 1. The first kappa shape index (κ1) is 17.8. The number of thioether (sulfide) groups is 1. The van der Waals surface area contributed by atoms with Crippen LogP contribution in [0.15, 0.2) is 41.8 Å². The number of nitrogen functional groups attached to an aromatic ring is 1. The highest BCUT2D eigenvalue weighted by molar-refractivity contribution is 8.00. The monoisotopic (exact) mass is 411 g/mol. The van der Waals surface area contributed by atoms with Gasteiger partial charge >= 0.3 is 0 Å². The third-order valence-electron chi connectivity index (χ3n) is 4.21. The molecule has 26 heavy (non-hydrogen) atoms. The highest BCUT2D eigenvalue weighted by atomic mass is 35.5. The Labute approximate surface area is 163 Å². The summed E-state index contributed by atoms with van der Waals surface area (Å²) >= 11 is 14.4. The van der Waals surface area contributed by atoms with E-state index in [0.717, 1.165) is 4.90 Å². The van der Waals surface area contributed by atoms with Crippen molar-refractivity contribution in [1.82, 2.24) is 19.5 Å². The van der Waals surface area contributed by atoms with Gasteiger partial charge in [-0.15, -0.1) is 23.4 Å². The van der Waals surface area contributed by atoms with Crippen LogP contribution in [0, 0.1) is 0 Å². The number of aliphatic hydroxyl groups excluding tert-OH is 1. The van der Waals surface area contributed by atoms with Crippen LogP contribution in [0.1, 0.15) is 6.23 Å². The number of anilines is 1. The summed E-state index contributed by atoms with van der Waals surface area (Å²) in [5.74, 6) is 0.295. The molecule has 0 saturated carbocycles. The summed E-state index contributed by atoms with van der Waals surface area (Å²) in [5.41, 5.74) is 6.92. The third kappa shape index (κ3) is 3.01. The average molecular weight is 412 g/mol. The summed E-state index contributed by atoms with van der Waals surface area (Å²) in [4.78, 5) is 13.4. The minimum Gasteiger partial charge on any atom is -0.394 e. The van der Waals surface area contributed by atoms with Crippen molar-refractivity contribution in [3.05, 3.63) is 41.9 Å². The van der Waals surface area contributed by atoms with Crippen LogP contribution in [0.2, 0.25) is 5.02 Å². The smallest absolute Gasteiger partial charge is 0.167 e. The fraction of sp³-hybridized carbons (Fsp3) is 0.312. The molecule has 4 atom stereocenters. The zero-order valence-electron chi connectivity index (χ0n) is 13.4. The van der Waals surface area contributed by atoms with Crippen LogP contribution >= 0.6 is 35.0 Å². The van der Waals surface area contributed by atoms with Crippen LogP contribution in [0.3, 0.4) is 0 Å². The minimum absolute atomic E-state index is 0.187. The molecule has 7 nitrogen and oxygen atoms in total. The van der Waals surface area contributed by atoms with E-state index < -0.39 is 17.7 Å². The van der Waals surface area contributed by atoms with Gasteiger partial charge in [0.1, 0.15) is 17.9 Å². The second-order valence-corrected chi connectivity index (χ2v) is 7.92. The van der Waals surface area contributed by atoms with Crippen molar-refractivity contribution in [3.8, 4) is 0 Å². The highest BCUT2D eigenvalue weighted by Crippen LogP contribution is 2.45. The SMILES string of the molecule is Nc1ncnc2c1ncn2[C@@H]1O[C@H](CO)[C@@H](Cl)[C@@H]1Sc1ccccc1Cl. The molecule has 0 aliphatic carbocycles. The Morgan fingerprint density at radius 2 is 2.08 bits per heavy atom. The molecule has 0 amide bonds. The Bertz CT molecular complexity index is 940. The van der Waals surface area contributed by atoms with Gasteiger partial charge in [0.05, 0.1) is 28.6 Å². The maximum atomic E-state index is 9.63. The summed E-state index contributed by atoms with van der Waals surface area (Å²) in [7, 11) is 0. The van der Waals surface area contributed by atoms with Crippen LogP contribution in [0.4, 0.5) is 5.82 Å². The van der Waals surface area contributed by atoms with Crippen molar-refractivity contribution in [3.63, 3.8) is 0 Å². The summed E-state index contributed by atoms with van der Waals surface area (Å²) in [6, 6.07) is 7.52. The second-order valence-electron chi connectivity index (χ2n) is 5.79. The van der Waals surface area contributed by atoms with E-state index in [1.54, 1.807) is 10.9 Å². The second kappa shape index (κ2) is 7.21. The van der Waals surface area contributed by atoms with E-state index in [1.807, 2.05) is 24.3 Å². The van der Waals surface area contributed by atoms with Gasteiger partial charge in [-0.05, 0) is 12.1 Å². The van der Waals surface area contributed by atoms with Gasteiger partial charge in [-0.1, -0.05) is 23.7 Å². The molecule has 3 heterocycles. The number of halogens is 2. The molecule has 0 unspecified atom stereocenters. The molecule has 4 rings (SSSR count). The third-order valence-corrected chi connectivity index (χ3v) is 6.76. The predicted molar refractivity (Wildman–Crippen MR) is 101 cm³/mol. The van der Waals surface area contributed by atoms with Crippen molar-refractivity contribution in [2.75, 3.05) is 12.3 Å². The maximum absolute atomic E-state index is 9.63. The molecule has 1 saturated heterocycles. The number of alkyl halides is 1. The molecule has 1 aromatic carbocycles. The molecule has 0 bridgehead atoms. The standard InChI is InChI=1S/C16H15Cl2N5O2S/c17-8-3-1-2-4-10(8)26-13-11(18)9(5-24)25-16(13)23-7-22-12-14(19)20-6-21-15(12)23/h1-4,6-7,9,11,13,16,24H,5H2,(H2,19,20,21)/t9-,11-,13+,16-/m1/s1. The molecule has 1 aliphatic rings. The van der Waals surface area contributed by atoms with E-state index in [4.69, 9.17) is 33.7 Å². The lowest BCUT2D eigenvalue weighted by Gasteiger charge is -2.21. The maximum Gasteiger partial charge on any atom is 0.167 e. The van der Waals surface area contributed by atoms with Gasteiger partial charge in [-0.25, -0.2) is 15.0 Å². The quantitative estimate of drug-likeness (QED) is 0.636. The van der Waals surface area contributed by atoms with E-state index in [9.17, 15) is 5.11 Å². The normalized spacial score (nSPS) is 25.8. The van der Waals surface area contributed by atoms with E-state index in [2.05, 4.69) is 15.0 Å². The topological polar surface area (TPSA) is 99.1 Å². The number of nitrogens with zero attached hydrogens (tertiary/aromatic N) is 4. The van der Waals surface area contributed by atoms with Crippen molar-refractivity contribution < 1.29 is 9.84 Å². The van der Waals surface area contributed by atoms with Crippen LogP contribution in [0.25, 0.3) is 11.2 Å². The molecule has 1 fully saturated rings. The Balaban J connectivity index is 1.74. The summed E-state index contributed by atoms with van der Waals surface area (Å²) in [6.07, 6.45) is 1.97. The molecular weight excluding hydrogens is 397 g/mol. The average Bonchev–Trinajstić information content (AvgIpc) is 3.20. The van der Waals surface area contributed by atoms with Gasteiger partial charge in [0, 0.05) is 4.90 Å². The molecule has 136 valence electrons. The van der Waals surface area contributed by atoms with Gasteiger partial charge in [0.15, 0.2) is 17.7 Å². The zero-order chi connectivity index (χ0) is 18.3. The predicted octanol–water partition coefficient (Wildman–Crippen LogP) is 2.72. The molecule has 0 radical (unpaired) electrons. The molecule has 1 aliphatic heterocycles. The molecular formula is C16H15Cl2N5O2S. The van der Waals surface area contributed by atoms with E-state index in [0.29, 0.717) is 22.0 Å². The van der Waals surface area contributed by atoms with Gasteiger partial charge in [-0.2, -0.15) is 0 Å². The summed E-state index contributed by atoms with van der Waals surface area (Å²) < 4.78 is 7.79. The lowest BCUT2D eigenvalue weighted by Crippen LogP contribution is -2.26. The lowest BCUT2D eigenvalue weighted by molar-refractivity contribution is -0.0189. The number of hydrogen-bond donors (Lipinski definition) is 2. The number of rotatable bonds is 4. The number of imidazole rings is 1. The minimum atomic E-state index is -0.515. The number of ether oxygens (including phenoxy) is 1. The van der Waals surface area contributed by atoms with Crippen LogP contribution in [0.5, 0.6) is 0 Å². The van der Waals surface area contributed by atoms with E-state index >= 15 is 0 Å². The fourth-order valence-electron chi connectivity index (χ4n) is 2.93. The van der Waals surface area contributed by atoms with Crippen molar-refractivity contribution >= 4 is 51.9 Å². The summed E-state index contributed by atoms with van der Waals surface area (Å²) in [5, 5.41) is 9.62. The first-order valence-corrected chi connectivity index (χ1v) is 9.54. The zero-order valence-corrected chi connectivity index (χ0v) is 15.7.